The lowest BCUT2D eigenvalue weighted by Gasteiger charge is -2.10. The van der Waals surface area contributed by atoms with Crippen molar-refractivity contribution in [2.75, 3.05) is 0 Å². The Balaban J connectivity index is 3.54. The van der Waals surface area contributed by atoms with E-state index in [9.17, 15) is 4.79 Å². The van der Waals surface area contributed by atoms with Crippen molar-refractivity contribution in [2.24, 2.45) is 5.11 Å². The summed E-state index contributed by atoms with van der Waals surface area (Å²) in [5.74, 6) is -0.705. The highest BCUT2D eigenvalue weighted by molar-refractivity contribution is 5.66. The van der Waals surface area contributed by atoms with Crippen LogP contribution in [0.4, 0.5) is 0 Å². The molecule has 0 aromatic heterocycles. The lowest BCUT2D eigenvalue weighted by Crippen LogP contribution is -2.03. The Labute approximate surface area is 141 Å². The van der Waals surface area contributed by atoms with E-state index in [0.29, 0.717) is 0 Å². The van der Waals surface area contributed by atoms with Crippen LogP contribution >= 0.6 is 0 Å². The first kappa shape index (κ1) is 21.8. The molecule has 5 heteroatoms. The van der Waals surface area contributed by atoms with E-state index < -0.39 is 5.97 Å². The maximum atomic E-state index is 10.4. The Bertz CT molecular complexity index is 328. The molecule has 0 saturated heterocycles. The molecule has 1 atom stereocenters. The standard InChI is InChI=1S/C18H35N3O2/c1-2-3-4-5-6-8-11-14-17(20-21-19)15-12-9-7-10-13-16-18(22)23/h17H,2-16H2,1H3,(H,22,23). The zero-order chi connectivity index (χ0) is 17.2. The normalized spacial score (nSPS) is 11.9. The SMILES string of the molecule is CCCCCCCCCC(CCCCCCCC(=O)O)N=[N+]=[N-]. The Morgan fingerprint density at radius 1 is 0.913 bits per heavy atom. The monoisotopic (exact) mass is 325 g/mol. The molecule has 23 heavy (non-hydrogen) atoms. The quantitative estimate of drug-likeness (QED) is 0.141. The Hall–Kier alpha value is -1.22. The number of carboxylic acid groups (broad SMARTS) is 1. The third-order valence-corrected chi connectivity index (χ3v) is 4.28. The third kappa shape index (κ3) is 17.0. The van der Waals surface area contributed by atoms with Crippen LogP contribution in [0.3, 0.4) is 0 Å². The van der Waals surface area contributed by atoms with E-state index in [1.165, 1.54) is 38.5 Å². The molecule has 0 rings (SSSR count). The second-order valence-corrected chi connectivity index (χ2v) is 6.47. The average Bonchev–Trinajstić information content (AvgIpc) is 2.52. The van der Waals surface area contributed by atoms with Crippen LogP contribution < -0.4 is 0 Å². The maximum Gasteiger partial charge on any atom is 0.303 e. The number of unbranched alkanes of at least 4 members (excludes halogenated alkanes) is 10. The molecule has 0 aromatic rings. The molecule has 0 heterocycles. The second-order valence-electron chi connectivity index (χ2n) is 6.47. The Kier molecular flexibility index (Phi) is 16.2. The predicted molar refractivity (Wildman–Crippen MR) is 95.5 cm³/mol. The molecule has 1 unspecified atom stereocenters. The van der Waals surface area contributed by atoms with E-state index in [0.717, 1.165) is 51.4 Å². The van der Waals surface area contributed by atoms with Crippen LogP contribution in [0.5, 0.6) is 0 Å². The lowest BCUT2D eigenvalue weighted by molar-refractivity contribution is -0.137. The van der Waals surface area contributed by atoms with E-state index in [1.54, 1.807) is 0 Å². The molecule has 0 fully saturated rings. The van der Waals surface area contributed by atoms with Gasteiger partial charge in [0.25, 0.3) is 0 Å². The van der Waals surface area contributed by atoms with Crippen LogP contribution in [0.15, 0.2) is 5.11 Å². The first-order valence-electron chi connectivity index (χ1n) is 9.46. The van der Waals surface area contributed by atoms with Gasteiger partial charge in [0.1, 0.15) is 0 Å². The molecule has 134 valence electrons. The van der Waals surface area contributed by atoms with Crippen molar-refractivity contribution < 1.29 is 9.90 Å². The van der Waals surface area contributed by atoms with Crippen molar-refractivity contribution >= 4 is 5.97 Å². The minimum absolute atomic E-state index is 0.148. The summed E-state index contributed by atoms with van der Waals surface area (Å²) in [6.07, 6.45) is 16.3. The fourth-order valence-corrected chi connectivity index (χ4v) is 2.86. The maximum absolute atomic E-state index is 10.4. The van der Waals surface area contributed by atoms with Gasteiger partial charge in [-0.25, -0.2) is 0 Å². The number of hydrogen-bond acceptors (Lipinski definition) is 2. The molecule has 5 nitrogen and oxygen atoms in total. The topological polar surface area (TPSA) is 86.1 Å². The van der Waals surface area contributed by atoms with Crippen molar-refractivity contribution in [1.82, 2.24) is 0 Å². The van der Waals surface area contributed by atoms with Crippen LogP contribution in [-0.4, -0.2) is 17.1 Å². The summed E-state index contributed by atoms with van der Waals surface area (Å²) in [5.41, 5.74) is 8.66. The fraction of sp³-hybridized carbons (Fsp3) is 0.944. The Morgan fingerprint density at radius 3 is 1.87 bits per heavy atom. The number of hydrogen-bond donors (Lipinski definition) is 1. The van der Waals surface area contributed by atoms with Gasteiger partial charge in [-0.1, -0.05) is 82.7 Å². The van der Waals surface area contributed by atoms with Gasteiger partial charge in [-0.05, 0) is 24.8 Å². The summed E-state index contributed by atoms with van der Waals surface area (Å²) in [6.45, 7) is 2.23. The zero-order valence-corrected chi connectivity index (χ0v) is 14.9. The molecule has 0 aliphatic rings. The summed E-state index contributed by atoms with van der Waals surface area (Å²) in [7, 11) is 0. The molecule has 0 aliphatic carbocycles. The van der Waals surface area contributed by atoms with E-state index in [2.05, 4.69) is 16.9 Å². The van der Waals surface area contributed by atoms with Gasteiger partial charge in [0, 0.05) is 17.4 Å². The molecule has 0 saturated carbocycles. The summed E-state index contributed by atoms with van der Waals surface area (Å²) in [6, 6.07) is 0.148. The van der Waals surface area contributed by atoms with Gasteiger partial charge in [-0.2, -0.15) is 0 Å². The van der Waals surface area contributed by atoms with Crippen molar-refractivity contribution in [3.63, 3.8) is 0 Å². The number of azide groups is 1. The van der Waals surface area contributed by atoms with Gasteiger partial charge in [0.15, 0.2) is 0 Å². The number of carbonyl (C=O) groups is 1. The molecule has 0 aliphatic heterocycles. The largest absolute Gasteiger partial charge is 0.481 e. The van der Waals surface area contributed by atoms with Gasteiger partial charge in [0.05, 0.1) is 0 Å². The number of aliphatic carboxylic acids is 1. The van der Waals surface area contributed by atoms with Crippen LogP contribution in [0.1, 0.15) is 103 Å². The van der Waals surface area contributed by atoms with E-state index >= 15 is 0 Å². The van der Waals surface area contributed by atoms with Gasteiger partial charge in [-0.3, -0.25) is 4.79 Å². The molecule has 0 amide bonds. The first-order chi connectivity index (χ1) is 11.2. The molecule has 1 N–H and O–H groups in total. The highest BCUT2D eigenvalue weighted by Gasteiger charge is 2.06. The highest BCUT2D eigenvalue weighted by Crippen LogP contribution is 2.17. The molecule has 0 spiro atoms. The minimum atomic E-state index is -0.705. The highest BCUT2D eigenvalue weighted by atomic mass is 16.4. The van der Waals surface area contributed by atoms with Gasteiger partial charge < -0.3 is 5.11 Å². The second kappa shape index (κ2) is 17.1. The number of rotatable bonds is 17. The molecular formula is C18H35N3O2. The Morgan fingerprint density at radius 2 is 1.39 bits per heavy atom. The van der Waals surface area contributed by atoms with Gasteiger partial charge >= 0.3 is 5.97 Å². The molecular weight excluding hydrogens is 290 g/mol. The lowest BCUT2D eigenvalue weighted by atomic mass is 10.0. The van der Waals surface area contributed by atoms with E-state index in [4.69, 9.17) is 10.6 Å². The van der Waals surface area contributed by atoms with Crippen LogP contribution in [-0.2, 0) is 4.79 Å². The minimum Gasteiger partial charge on any atom is -0.481 e. The summed E-state index contributed by atoms with van der Waals surface area (Å²) < 4.78 is 0. The average molecular weight is 325 g/mol. The third-order valence-electron chi connectivity index (χ3n) is 4.28. The molecule has 0 aromatic carbocycles. The first-order valence-corrected chi connectivity index (χ1v) is 9.46. The van der Waals surface area contributed by atoms with Crippen molar-refractivity contribution in [2.45, 2.75) is 109 Å². The number of carboxylic acids is 1. The van der Waals surface area contributed by atoms with Crippen LogP contribution in [0.25, 0.3) is 10.4 Å². The van der Waals surface area contributed by atoms with Crippen molar-refractivity contribution in [1.29, 1.82) is 0 Å². The smallest absolute Gasteiger partial charge is 0.303 e. The summed E-state index contributed by atoms with van der Waals surface area (Å²) in [5, 5.41) is 12.5. The summed E-state index contributed by atoms with van der Waals surface area (Å²) >= 11 is 0. The van der Waals surface area contributed by atoms with Crippen molar-refractivity contribution in [3.8, 4) is 0 Å². The van der Waals surface area contributed by atoms with Gasteiger partial charge in [0.2, 0.25) is 0 Å². The van der Waals surface area contributed by atoms with E-state index in [-0.39, 0.29) is 12.5 Å². The van der Waals surface area contributed by atoms with Crippen LogP contribution in [0, 0.1) is 0 Å². The molecule has 0 radical (unpaired) electrons. The zero-order valence-electron chi connectivity index (χ0n) is 14.9. The van der Waals surface area contributed by atoms with E-state index in [1.807, 2.05) is 0 Å². The number of nitrogens with zero attached hydrogens (tertiary/aromatic N) is 3. The molecule has 0 bridgehead atoms. The van der Waals surface area contributed by atoms with Crippen molar-refractivity contribution in [3.05, 3.63) is 10.4 Å². The fourth-order valence-electron chi connectivity index (χ4n) is 2.86. The predicted octanol–water partition coefficient (Wildman–Crippen LogP) is 6.62. The summed E-state index contributed by atoms with van der Waals surface area (Å²) in [4.78, 5) is 13.4. The van der Waals surface area contributed by atoms with Gasteiger partial charge in [-0.15, -0.1) is 0 Å². The van der Waals surface area contributed by atoms with Crippen LogP contribution in [0.2, 0.25) is 0 Å².